The molecule has 1 N–H and O–H groups in total. The SMILES string of the molecule is C[C@@H]1CN(S(=O)(=O)CCn2c(=O)[nH]c3ccccc3c2=O)C[C@H](C)O1. The summed E-state index contributed by atoms with van der Waals surface area (Å²) in [5.41, 5.74) is -0.659. The van der Waals surface area contributed by atoms with Gasteiger partial charge < -0.3 is 9.72 Å². The number of benzene rings is 1. The van der Waals surface area contributed by atoms with E-state index in [0.717, 1.165) is 4.57 Å². The molecule has 0 spiro atoms. The molecule has 1 aliphatic rings. The second-order valence-electron chi connectivity index (χ2n) is 6.32. The fourth-order valence-electron chi connectivity index (χ4n) is 3.10. The first-order valence-corrected chi connectivity index (χ1v) is 9.74. The second kappa shape index (κ2) is 6.74. The second-order valence-corrected chi connectivity index (χ2v) is 8.41. The molecule has 8 nitrogen and oxygen atoms in total. The van der Waals surface area contributed by atoms with Gasteiger partial charge in [-0.2, -0.15) is 4.31 Å². The number of nitrogens with one attached hydrogen (secondary N) is 1. The highest BCUT2D eigenvalue weighted by Gasteiger charge is 2.30. The number of aromatic amines is 1. The number of para-hydroxylation sites is 1. The molecule has 2 heterocycles. The van der Waals surface area contributed by atoms with Gasteiger partial charge in [0.05, 0.1) is 28.9 Å². The normalized spacial score (nSPS) is 22.3. The van der Waals surface area contributed by atoms with Crippen molar-refractivity contribution in [2.24, 2.45) is 0 Å². The first kappa shape index (κ1) is 17.8. The zero-order chi connectivity index (χ0) is 18.2. The van der Waals surface area contributed by atoms with Crippen LogP contribution in [-0.2, 0) is 21.3 Å². The van der Waals surface area contributed by atoms with Crippen molar-refractivity contribution in [1.29, 1.82) is 0 Å². The largest absolute Gasteiger partial charge is 0.373 e. The molecule has 136 valence electrons. The lowest BCUT2D eigenvalue weighted by Crippen LogP contribution is -2.49. The smallest absolute Gasteiger partial charge is 0.328 e. The summed E-state index contributed by atoms with van der Waals surface area (Å²) in [5, 5.41) is 0.355. The summed E-state index contributed by atoms with van der Waals surface area (Å²) in [4.78, 5) is 27.2. The van der Waals surface area contributed by atoms with Crippen molar-refractivity contribution in [3.63, 3.8) is 0 Å². The quantitative estimate of drug-likeness (QED) is 0.828. The molecule has 3 rings (SSSR count). The third-order valence-corrected chi connectivity index (χ3v) is 6.03. The Morgan fingerprint density at radius 2 is 1.80 bits per heavy atom. The van der Waals surface area contributed by atoms with Crippen LogP contribution in [0.25, 0.3) is 10.9 Å². The Labute approximate surface area is 145 Å². The van der Waals surface area contributed by atoms with Gasteiger partial charge in [0.1, 0.15) is 0 Å². The summed E-state index contributed by atoms with van der Waals surface area (Å²) in [6.45, 7) is 3.99. The van der Waals surface area contributed by atoms with E-state index in [1.165, 1.54) is 4.31 Å². The first-order chi connectivity index (χ1) is 11.8. The van der Waals surface area contributed by atoms with Gasteiger partial charge >= 0.3 is 5.69 Å². The Kier molecular flexibility index (Phi) is 4.81. The third-order valence-electron chi connectivity index (χ3n) is 4.24. The summed E-state index contributed by atoms with van der Waals surface area (Å²) in [7, 11) is -3.59. The number of fused-ring (bicyclic) bond motifs is 1. The van der Waals surface area contributed by atoms with E-state index >= 15 is 0 Å². The highest BCUT2D eigenvalue weighted by molar-refractivity contribution is 7.89. The van der Waals surface area contributed by atoms with E-state index in [1.54, 1.807) is 24.3 Å². The van der Waals surface area contributed by atoms with Crippen LogP contribution in [0, 0.1) is 0 Å². The van der Waals surface area contributed by atoms with Crippen LogP contribution in [0.15, 0.2) is 33.9 Å². The molecule has 2 aromatic rings. The molecule has 0 bridgehead atoms. The van der Waals surface area contributed by atoms with Crippen molar-refractivity contribution < 1.29 is 13.2 Å². The minimum atomic E-state index is -3.59. The lowest BCUT2D eigenvalue weighted by molar-refractivity contribution is -0.0440. The molecule has 0 aliphatic carbocycles. The molecule has 0 amide bonds. The zero-order valence-electron chi connectivity index (χ0n) is 14.1. The predicted octanol–water partition coefficient (Wildman–Crippen LogP) is 0.129. The van der Waals surface area contributed by atoms with Crippen LogP contribution < -0.4 is 11.2 Å². The Hall–Kier alpha value is -1.97. The number of hydrogen-bond acceptors (Lipinski definition) is 5. The van der Waals surface area contributed by atoms with E-state index in [2.05, 4.69) is 4.98 Å². The van der Waals surface area contributed by atoms with Crippen LogP contribution in [0.1, 0.15) is 13.8 Å². The van der Waals surface area contributed by atoms with Crippen molar-refractivity contribution in [2.75, 3.05) is 18.8 Å². The highest BCUT2D eigenvalue weighted by atomic mass is 32.2. The topological polar surface area (TPSA) is 101 Å². The van der Waals surface area contributed by atoms with Gasteiger partial charge in [-0.3, -0.25) is 9.36 Å². The van der Waals surface area contributed by atoms with Gasteiger partial charge in [0.25, 0.3) is 5.56 Å². The average Bonchev–Trinajstić information content (AvgIpc) is 2.53. The Bertz CT molecular complexity index is 985. The van der Waals surface area contributed by atoms with Crippen molar-refractivity contribution in [3.8, 4) is 0 Å². The van der Waals surface area contributed by atoms with Crippen LogP contribution in [-0.4, -0.2) is 53.3 Å². The number of ether oxygens (including phenoxy) is 1. The van der Waals surface area contributed by atoms with Gasteiger partial charge in [-0.15, -0.1) is 0 Å². The van der Waals surface area contributed by atoms with Gasteiger partial charge in [0, 0.05) is 19.6 Å². The number of H-pyrrole nitrogens is 1. The van der Waals surface area contributed by atoms with E-state index in [0.29, 0.717) is 10.9 Å². The monoisotopic (exact) mass is 367 g/mol. The first-order valence-electron chi connectivity index (χ1n) is 8.13. The maximum Gasteiger partial charge on any atom is 0.328 e. The number of hydrogen-bond donors (Lipinski definition) is 1. The number of morpholine rings is 1. The van der Waals surface area contributed by atoms with Crippen LogP contribution >= 0.6 is 0 Å². The van der Waals surface area contributed by atoms with E-state index in [4.69, 9.17) is 4.74 Å². The van der Waals surface area contributed by atoms with Crippen molar-refractivity contribution in [3.05, 3.63) is 45.1 Å². The Morgan fingerprint density at radius 3 is 2.48 bits per heavy atom. The van der Waals surface area contributed by atoms with Gasteiger partial charge in [-0.1, -0.05) is 12.1 Å². The number of sulfonamides is 1. The Morgan fingerprint density at radius 1 is 1.16 bits per heavy atom. The molecule has 25 heavy (non-hydrogen) atoms. The number of rotatable bonds is 4. The van der Waals surface area contributed by atoms with Gasteiger partial charge in [0.15, 0.2) is 0 Å². The molecular formula is C16H21N3O5S. The molecule has 1 aromatic carbocycles. The van der Waals surface area contributed by atoms with E-state index < -0.39 is 21.3 Å². The zero-order valence-corrected chi connectivity index (χ0v) is 15.0. The van der Waals surface area contributed by atoms with Crippen LogP contribution in [0.2, 0.25) is 0 Å². The van der Waals surface area contributed by atoms with E-state index in [-0.39, 0.29) is 37.6 Å². The van der Waals surface area contributed by atoms with E-state index in [9.17, 15) is 18.0 Å². The highest BCUT2D eigenvalue weighted by Crippen LogP contribution is 2.15. The number of aromatic nitrogens is 2. The number of nitrogens with zero attached hydrogens (tertiary/aromatic N) is 2. The summed E-state index contributed by atoms with van der Waals surface area (Å²) < 4.78 is 33.0. The summed E-state index contributed by atoms with van der Waals surface area (Å²) >= 11 is 0. The van der Waals surface area contributed by atoms with Crippen molar-refractivity contribution in [1.82, 2.24) is 13.9 Å². The molecule has 0 unspecified atom stereocenters. The standard InChI is InChI=1S/C16H21N3O5S/c1-11-9-18(10-12(2)24-11)25(22,23)8-7-19-15(20)13-5-3-4-6-14(13)17-16(19)21/h3-6,11-12H,7-10H2,1-2H3,(H,17,21)/t11-,12+. The van der Waals surface area contributed by atoms with E-state index in [1.807, 2.05) is 13.8 Å². The molecule has 1 aliphatic heterocycles. The lowest BCUT2D eigenvalue weighted by Gasteiger charge is -2.34. The maximum absolute atomic E-state index is 12.6. The Balaban J connectivity index is 1.85. The molecule has 1 aromatic heterocycles. The van der Waals surface area contributed by atoms with Gasteiger partial charge in [-0.25, -0.2) is 13.2 Å². The minimum Gasteiger partial charge on any atom is -0.373 e. The molecule has 2 atom stereocenters. The van der Waals surface area contributed by atoms with Crippen LogP contribution in [0.5, 0.6) is 0 Å². The van der Waals surface area contributed by atoms with Gasteiger partial charge in [-0.05, 0) is 26.0 Å². The molecule has 0 radical (unpaired) electrons. The molecule has 9 heteroatoms. The minimum absolute atomic E-state index is 0.190. The molecular weight excluding hydrogens is 346 g/mol. The average molecular weight is 367 g/mol. The molecule has 1 saturated heterocycles. The van der Waals surface area contributed by atoms with Crippen molar-refractivity contribution >= 4 is 20.9 Å². The van der Waals surface area contributed by atoms with Crippen LogP contribution in [0.3, 0.4) is 0 Å². The summed E-state index contributed by atoms with van der Waals surface area (Å²) in [6.07, 6.45) is -0.379. The molecule has 1 fully saturated rings. The lowest BCUT2D eigenvalue weighted by atomic mass is 10.2. The fourth-order valence-corrected chi connectivity index (χ4v) is 4.64. The third kappa shape index (κ3) is 3.68. The fraction of sp³-hybridized carbons (Fsp3) is 0.500. The van der Waals surface area contributed by atoms with Crippen molar-refractivity contribution in [2.45, 2.75) is 32.6 Å². The van der Waals surface area contributed by atoms with Gasteiger partial charge in [0.2, 0.25) is 10.0 Å². The predicted molar refractivity (Wildman–Crippen MR) is 94.2 cm³/mol. The summed E-state index contributed by atoms with van der Waals surface area (Å²) in [5.74, 6) is -0.312. The molecule has 0 saturated carbocycles. The van der Waals surface area contributed by atoms with Crippen LogP contribution in [0.4, 0.5) is 0 Å². The maximum atomic E-state index is 12.6. The summed E-state index contributed by atoms with van der Waals surface area (Å²) in [6, 6.07) is 6.65.